The number of carbonyl (C=O) groups excluding carboxylic acids is 1. The molecule has 2 aliphatic rings. The first-order valence-corrected chi connectivity index (χ1v) is 7.47. The van der Waals surface area contributed by atoms with E-state index in [-0.39, 0.29) is 6.03 Å². The molecular weight excluding hydrogens is 274 g/mol. The highest BCUT2D eigenvalue weighted by Crippen LogP contribution is 2.55. The molecular formula is C15H20ClN3O. The minimum atomic E-state index is -0.0941. The van der Waals surface area contributed by atoms with Crippen molar-refractivity contribution in [1.82, 2.24) is 10.6 Å². The zero-order valence-electron chi connectivity index (χ0n) is 11.4. The second-order valence-electron chi connectivity index (χ2n) is 6.23. The predicted molar refractivity (Wildman–Crippen MR) is 79.5 cm³/mol. The summed E-state index contributed by atoms with van der Waals surface area (Å²) in [5.41, 5.74) is 7.32. The largest absolute Gasteiger partial charge is 0.335 e. The van der Waals surface area contributed by atoms with Crippen LogP contribution >= 0.6 is 11.6 Å². The van der Waals surface area contributed by atoms with Gasteiger partial charge in [0.15, 0.2) is 0 Å². The molecule has 1 aromatic carbocycles. The van der Waals surface area contributed by atoms with Gasteiger partial charge in [-0.2, -0.15) is 0 Å². The van der Waals surface area contributed by atoms with Gasteiger partial charge in [-0.3, -0.25) is 0 Å². The molecule has 0 radical (unpaired) electrons. The van der Waals surface area contributed by atoms with Crippen LogP contribution in [0.1, 0.15) is 31.2 Å². The molecule has 4 nitrogen and oxygen atoms in total. The first-order chi connectivity index (χ1) is 9.55. The minimum absolute atomic E-state index is 0.0941. The monoisotopic (exact) mass is 293 g/mol. The Balaban J connectivity index is 1.37. The van der Waals surface area contributed by atoms with Crippen LogP contribution in [-0.4, -0.2) is 18.1 Å². The standard InChI is InChI=1S/C15H20ClN3O/c16-11-3-1-10(2-4-11)9-18-14(20)19-13-7-15(8-13)5-12(17)6-15/h1-4,12-13H,5-9,17H2,(H2,18,19,20). The van der Waals surface area contributed by atoms with Gasteiger partial charge in [-0.1, -0.05) is 23.7 Å². The van der Waals surface area contributed by atoms with Crippen LogP contribution in [0.4, 0.5) is 4.79 Å². The number of hydrogen-bond donors (Lipinski definition) is 3. The van der Waals surface area contributed by atoms with Crippen LogP contribution in [0.2, 0.25) is 5.02 Å². The zero-order valence-corrected chi connectivity index (χ0v) is 12.1. The molecule has 1 aromatic rings. The van der Waals surface area contributed by atoms with E-state index in [4.69, 9.17) is 17.3 Å². The number of urea groups is 1. The van der Waals surface area contributed by atoms with Crippen molar-refractivity contribution in [3.05, 3.63) is 34.9 Å². The van der Waals surface area contributed by atoms with Crippen molar-refractivity contribution in [3.8, 4) is 0 Å². The molecule has 4 N–H and O–H groups in total. The fourth-order valence-corrected chi connectivity index (χ4v) is 3.62. The Hall–Kier alpha value is -1.26. The topological polar surface area (TPSA) is 67.1 Å². The first kappa shape index (κ1) is 13.7. The second kappa shape index (κ2) is 5.26. The van der Waals surface area contributed by atoms with Gasteiger partial charge in [0.1, 0.15) is 0 Å². The van der Waals surface area contributed by atoms with E-state index >= 15 is 0 Å². The Bertz CT molecular complexity index is 488. The molecule has 0 bridgehead atoms. The van der Waals surface area contributed by atoms with E-state index in [9.17, 15) is 4.79 Å². The number of benzene rings is 1. The smallest absolute Gasteiger partial charge is 0.315 e. The second-order valence-corrected chi connectivity index (χ2v) is 6.66. The summed E-state index contributed by atoms with van der Waals surface area (Å²) in [5.74, 6) is 0. The van der Waals surface area contributed by atoms with Crippen LogP contribution in [0.25, 0.3) is 0 Å². The third kappa shape index (κ3) is 2.91. The van der Waals surface area contributed by atoms with Gasteiger partial charge in [-0.15, -0.1) is 0 Å². The van der Waals surface area contributed by atoms with E-state index in [0.717, 1.165) is 31.2 Å². The van der Waals surface area contributed by atoms with Crippen LogP contribution in [0.15, 0.2) is 24.3 Å². The van der Waals surface area contributed by atoms with Crippen molar-refractivity contribution >= 4 is 17.6 Å². The summed E-state index contributed by atoms with van der Waals surface area (Å²) >= 11 is 5.82. The van der Waals surface area contributed by atoms with Crippen LogP contribution in [0.5, 0.6) is 0 Å². The SMILES string of the molecule is NC1CC2(C1)CC(NC(=O)NCc1ccc(Cl)cc1)C2. The number of carbonyl (C=O) groups is 1. The number of amides is 2. The van der Waals surface area contributed by atoms with Gasteiger partial charge in [0, 0.05) is 23.7 Å². The Morgan fingerprint density at radius 1 is 1.25 bits per heavy atom. The third-order valence-electron chi connectivity index (χ3n) is 4.45. The number of nitrogens with two attached hydrogens (primary N) is 1. The summed E-state index contributed by atoms with van der Waals surface area (Å²) < 4.78 is 0. The van der Waals surface area contributed by atoms with Crippen LogP contribution < -0.4 is 16.4 Å². The highest BCUT2D eigenvalue weighted by molar-refractivity contribution is 6.30. The lowest BCUT2D eigenvalue weighted by molar-refractivity contribution is -0.0139. The van der Waals surface area contributed by atoms with Gasteiger partial charge in [-0.25, -0.2) is 4.79 Å². The lowest BCUT2D eigenvalue weighted by Gasteiger charge is -2.56. The maximum atomic E-state index is 11.8. The van der Waals surface area contributed by atoms with E-state index in [1.54, 1.807) is 0 Å². The number of rotatable bonds is 3. The lowest BCUT2D eigenvalue weighted by atomic mass is 9.52. The molecule has 3 rings (SSSR count). The Kier molecular flexibility index (Phi) is 3.61. The molecule has 1 spiro atoms. The molecule has 108 valence electrons. The molecule has 0 unspecified atom stereocenters. The fraction of sp³-hybridized carbons (Fsp3) is 0.533. The van der Waals surface area contributed by atoms with Crippen molar-refractivity contribution in [1.29, 1.82) is 0 Å². The van der Waals surface area contributed by atoms with Gasteiger partial charge < -0.3 is 16.4 Å². The molecule has 2 aliphatic carbocycles. The summed E-state index contributed by atoms with van der Waals surface area (Å²) in [6, 6.07) is 8.08. The molecule has 20 heavy (non-hydrogen) atoms. The maximum Gasteiger partial charge on any atom is 0.315 e. The van der Waals surface area contributed by atoms with E-state index in [0.29, 0.717) is 29.1 Å². The average Bonchev–Trinajstić information content (AvgIpc) is 2.34. The van der Waals surface area contributed by atoms with Crippen molar-refractivity contribution in [2.45, 2.75) is 44.3 Å². The van der Waals surface area contributed by atoms with Crippen LogP contribution in [0, 0.1) is 5.41 Å². The summed E-state index contributed by atoms with van der Waals surface area (Å²) in [7, 11) is 0. The lowest BCUT2D eigenvalue weighted by Crippen LogP contribution is -2.60. The van der Waals surface area contributed by atoms with Gasteiger partial charge in [0.25, 0.3) is 0 Å². The molecule has 0 heterocycles. The zero-order chi connectivity index (χ0) is 14.2. The molecule has 2 fully saturated rings. The quantitative estimate of drug-likeness (QED) is 0.801. The van der Waals surface area contributed by atoms with Gasteiger partial charge >= 0.3 is 6.03 Å². The number of nitrogens with one attached hydrogen (secondary N) is 2. The summed E-state index contributed by atoms with van der Waals surface area (Å²) in [6.07, 6.45) is 4.40. The molecule has 0 aliphatic heterocycles. The third-order valence-corrected chi connectivity index (χ3v) is 4.70. The van der Waals surface area contributed by atoms with Gasteiger partial charge in [-0.05, 0) is 48.8 Å². The Morgan fingerprint density at radius 3 is 2.50 bits per heavy atom. The molecule has 0 atom stereocenters. The van der Waals surface area contributed by atoms with E-state index < -0.39 is 0 Å². The van der Waals surface area contributed by atoms with E-state index in [1.165, 1.54) is 0 Å². The molecule has 0 aromatic heterocycles. The Labute approximate surface area is 124 Å². The molecule has 2 saturated carbocycles. The highest BCUT2D eigenvalue weighted by Gasteiger charge is 2.51. The summed E-state index contributed by atoms with van der Waals surface area (Å²) in [6.45, 7) is 0.520. The molecule has 0 saturated heterocycles. The van der Waals surface area contributed by atoms with Crippen LogP contribution in [-0.2, 0) is 6.54 Å². The van der Waals surface area contributed by atoms with Crippen molar-refractivity contribution in [3.63, 3.8) is 0 Å². The van der Waals surface area contributed by atoms with Crippen molar-refractivity contribution < 1.29 is 4.79 Å². The van der Waals surface area contributed by atoms with E-state index in [1.807, 2.05) is 24.3 Å². The molecule has 2 amide bonds. The summed E-state index contributed by atoms with van der Waals surface area (Å²) in [5, 5.41) is 6.60. The van der Waals surface area contributed by atoms with Crippen molar-refractivity contribution in [2.75, 3.05) is 0 Å². The molecule has 5 heteroatoms. The normalized spacial score (nSPS) is 31.3. The Morgan fingerprint density at radius 2 is 1.90 bits per heavy atom. The summed E-state index contributed by atoms with van der Waals surface area (Å²) in [4.78, 5) is 11.8. The number of hydrogen-bond acceptors (Lipinski definition) is 2. The van der Waals surface area contributed by atoms with Gasteiger partial charge in [0.05, 0.1) is 0 Å². The van der Waals surface area contributed by atoms with Crippen LogP contribution in [0.3, 0.4) is 0 Å². The maximum absolute atomic E-state index is 11.8. The number of halogens is 1. The highest BCUT2D eigenvalue weighted by atomic mass is 35.5. The van der Waals surface area contributed by atoms with Crippen molar-refractivity contribution in [2.24, 2.45) is 11.1 Å². The van der Waals surface area contributed by atoms with E-state index in [2.05, 4.69) is 10.6 Å². The fourth-order valence-electron chi connectivity index (χ4n) is 3.49. The first-order valence-electron chi connectivity index (χ1n) is 7.09. The predicted octanol–water partition coefficient (Wildman–Crippen LogP) is 2.41. The van der Waals surface area contributed by atoms with Gasteiger partial charge in [0.2, 0.25) is 0 Å². The average molecular weight is 294 g/mol. The minimum Gasteiger partial charge on any atom is -0.335 e.